The Balaban J connectivity index is 1.58. The predicted molar refractivity (Wildman–Crippen MR) is 172 cm³/mol. The summed E-state index contributed by atoms with van der Waals surface area (Å²) in [6.07, 6.45) is 8.12. The molecule has 40 heavy (non-hydrogen) atoms. The third kappa shape index (κ3) is 4.65. The molecule has 0 aromatic heterocycles. The number of hydrogen-bond donors (Lipinski definition) is 1. The number of allylic oxidation sites excluding steroid dienone is 5. The van der Waals surface area contributed by atoms with Crippen molar-refractivity contribution >= 4 is 54.7 Å². The molecule has 0 spiro atoms. The number of ketones is 1. The van der Waals surface area contributed by atoms with Gasteiger partial charge < -0.3 is 10.0 Å². The van der Waals surface area contributed by atoms with Crippen molar-refractivity contribution in [3.63, 3.8) is 0 Å². The first kappa shape index (κ1) is 29.1. The summed E-state index contributed by atoms with van der Waals surface area (Å²) < 4.78 is 4.41. The maximum atomic E-state index is 13.7. The van der Waals surface area contributed by atoms with Crippen LogP contribution in [0.1, 0.15) is 78.4 Å². The lowest BCUT2D eigenvalue weighted by molar-refractivity contribution is -0.438. The van der Waals surface area contributed by atoms with Crippen molar-refractivity contribution in [2.24, 2.45) is 0 Å². The van der Waals surface area contributed by atoms with Crippen LogP contribution in [-0.4, -0.2) is 34.3 Å². The fourth-order valence-corrected chi connectivity index (χ4v) is 7.04. The second-order valence-electron chi connectivity index (χ2n) is 12.1. The van der Waals surface area contributed by atoms with Crippen molar-refractivity contribution < 1.29 is 14.5 Å². The number of Topliss-reactive ketones (excluding diaryl/α,β-unsaturated/α-hetero) is 1. The molecule has 2 aromatic rings. The quantitative estimate of drug-likeness (QED) is 0.226. The second-order valence-corrected chi connectivity index (χ2v) is 14.0. The lowest BCUT2D eigenvalue weighted by Gasteiger charge is -2.29. The third-order valence-corrected chi connectivity index (χ3v) is 9.73. The first-order valence-corrected chi connectivity index (χ1v) is 16.0. The molecule has 2 aromatic carbocycles. The molecule has 0 radical (unpaired) electrons. The Hall–Kier alpha value is -2.44. The molecular formula is C34H39Br2N2O2+. The summed E-state index contributed by atoms with van der Waals surface area (Å²) in [5.74, 6) is 0.000938. The highest BCUT2D eigenvalue weighted by molar-refractivity contribution is 9.10. The zero-order valence-corrected chi connectivity index (χ0v) is 27.5. The van der Waals surface area contributed by atoms with Gasteiger partial charge in [0, 0.05) is 56.4 Å². The van der Waals surface area contributed by atoms with Gasteiger partial charge in [0.25, 0.3) is 0 Å². The molecule has 210 valence electrons. The summed E-state index contributed by atoms with van der Waals surface area (Å²) >= 11 is 7.28. The highest BCUT2D eigenvalue weighted by Gasteiger charge is 2.47. The van der Waals surface area contributed by atoms with Gasteiger partial charge in [-0.05, 0) is 62.2 Å². The number of hydrogen-bond acceptors (Lipinski definition) is 3. The van der Waals surface area contributed by atoms with E-state index in [1.807, 2.05) is 12.2 Å². The van der Waals surface area contributed by atoms with Crippen LogP contribution in [0.5, 0.6) is 0 Å². The molecule has 4 nitrogen and oxygen atoms in total. The summed E-state index contributed by atoms with van der Waals surface area (Å²) in [5, 5.41) is 11.3. The summed E-state index contributed by atoms with van der Waals surface area (Å²) in [7, 11) is 0. The van der Waals surface area contributed by atoms with E-state index < -0.39 is 0 Å². The van der Waals surface area contributed by atoms with E-state index in [9.17, 15) is 9.90 Å². The Morgan fingerprint density at radius 2 is 1.55 bits per heavy atom. The van der Waals surface area contributed by atoms with Crippen LogP contribution in [0.25, 0.3) is 0 Å². The normalized spacial score (nSPS) is 21.0. The van der Waals surface area contributed by atoms with E-state index in [-0.39, 0.29) is 22.4 Å². The molecular weight excluding hydrogens is 628 g/mol. The number of anilines is 1. The topological polar surface area (TPSA) is 43.5 Å². The van der Waals surface area contributed by atoms with Gasteiger partial charge in [-0.1, -0.05) is 72.4 Å². The van der Waals surface area contributed by atoms with E-state index in [4.69, 9.17) is 0 Å². The Bertz CT molecular complexity index is 1520. The molecule has 3 aliphatic rings. The minimum Gasteiger partial charge on any atom is -0.506 e. The van der Waals surface area contributed by atoms with Gasteiger partial charge in [0.2, 0.25) is 11.5 Å². The minimum absolute atomic E-state index is 0.0933. The number of aliphatic hydroxyl groups excluding tert-OH is 1. The first-order valence-electron chi connectivity index (χ1n) is 14.4. The van der Waals surface area contributed by atoms with Crippen molar-refractivity contribution in [3.05, 3.63) is 91.2 Å². The number of fused-ring (bicyclic) bond motifs is 2. The van der Waals surface area contributed by atoms with Crippen LogP contribution < -0.4 is 4.90 Å². The van der Waals surface area contributed by atoms with Gasteiger partial charge in [0.05, 0.1) is 16.6 Å². The highest BCUT2D eigenvalue weighted by atomic mass is 79.9. The standard InChI is InChI=1S/C34H38Br2N2O2/c1-7-9-15-37-27-13-11-21(35)17-25(27)33(3,4)29(37)19-23-31(39)24(32(23)40)20-30-34(5,6)26-18-22(36)12-14-28(26)38(30)16-10-8-2/h11-14,17-20H,7-10,15-16H2,1-6H3/p+1. The summed E-state index contributed by atoms with van der Waals surface area (Å²) in [4.78, 5) is 16.0. The predicted octanol–water partition coefficient (Wildman–Crippen LogP) is 9.19. The lowest BCUT2D eigenvalue weighted by Crippen LogP contribution is -2.32. The zero-order chi connectivity index (χ0) is 29.0. The SMILES string of the molecule is CCCCN1/C(=C/C2=C(O)C(=C\C3=[N+](CCCC)c4ccc(Br)cc4C3(C)C)/C2=O)C(C)(C)c2cc(Br)ccc21. The van der Waals surface area contributed by atoms with Crippen molar-refractivity contribution in [2.45, 2.75) is 78.1 Å². The molecule has 2 aliphatic heterocycles. The van der Waals surface area contributed by atoms with Crippen LogP contribution in [0.4, 0.5) is 11.4 Å². The van der Waals surface area contributed by atoms with Gasteiger partial charge in [0.1, 0.15) is 12.3 Å². The Morgan fingerprint density at radius 1 is 0.900 bits per heavy atom. The van der Waals surface area contributed by atoms with Crippen molar-refractivity contribution in [2.75, 3.05) is 18.0 Å². The average Bonchev–Trinajstić information content (AvgIpc) is 3.25. The number of carbonyl (C=O) groups is 1. The summed E-state index contributed by atoms with van der Waals surface area (Å²) in [6.45, 7) is 14.9. The Morgan fingerprint density at radius 3 is 2.20 bits per heavy atom. The molecule has 0 bridgehead atoms. The number of halogens is 2. The monoisotopic (exact) mass is 665 g/mol. The molecule has 0 fully saturated rings. The van der Waals surface area contributed by atoms with Crippen molar-refractivity contribution in [1.82, 2.24) is 0 Å². The molecule has 0 saturated carbocycles. The molecule has 5 rings (SSSR count). The summed E-state index contributed by atoms with van der Waals surface area (Å²) in [5.41, 5.74) is 7.12. The van der Waals surface area contributed by atoms with Gasteiger partial charge in [-0.25, -0.2) is 0 Å². The van der Waals surface area contributed by atoms with Gasteiger partial charge in [-0.2, -0.15) is 4.58 Å². The zero-order valence-electron chi connectivity index (χ0n) is 24.4. The number of rotatable bonds is 8. The third-order valence-electron chi connectivity index (χ3n) is 8.74. The Labute approximate surface area is 255 Å². The van der Waals surface area contributed by atoms with Crippen LogP contribution in [0, 0.1) is 0 Å². The van der Waals surface area contributed by atoms with E-state index in [1.165, 1.54) is 22.5 Å². The molecule has 6 heteroatoms. The van der Waals surface area contributed by atoms with Crippen LogP contribution in [-0.2, 0) is 15.6 Å². The molecule has 2 heterocycles. The number of unbranched alkanes of at least 4 members (excludes halogenated alkanes) is 2. The van der Waals surface area contributed by atoms with Crippen LogP contribution in [0.3, 0.4) is 0 Å². The number of carbonyl (C=O) groups excluding carboxylic acids is 1. The molecule has 1 aliphatic carbocycles. The number of benzene rings is 2. The van der Waals surface area contributed by atoms with Crippen molar-refractivity contribution in [1.29, 1.82) is 0 Å². The highest BCUT2D eigenvalue weighted by Crippen LogP contribution is 2.50. The van der Waals surface area contributed by atoms with E-state index in [0.717, 1.165) is 59.1 Å². The lowest BCUT2D eigenvalue weighted by atomic mass is 9.77. The van der Waals surface area contributed by atoms with E-state index in [2.05, 4.69) is 119 Å². The average molecular weight is 668 g/mol. The fourth-order valence-electron chi connectivity index (χ4n) is 6.31. The Kier molecular flexibility index (Phi) is 7.82. The summed E-state index contributed by atoms with van der Waals surface area (Å²) in [6, 6.07) is 12.8. The number of nitrogens with zero attached hydrogens (tertiary/aromatic N) is 2. The smallest absolute Gasteiger partial charge is 0.209 e. The maximum Gasteiger partial charge on any atom is 0.209 e. The second kappa shape index (κ2) is 10.8. The maximum absolute atomic E-state index is 13.7. The minimum atomic E-state index is -0.298. The van der Waals surface area contributed by atoms with Gasteiger partial charge in [0.15, 0.2) is 5.71 Å². The van der Waals surface area contributed by atoms with E-state index >= 15 is 0 Å². The largest absolute Gasteiger partial charge is 0.506 e. The molecule has 0 saturated heterocycles. The van der Waals surface area contributed by atoms with Crippen LogP contribution in [0.15, 0.2) is 80.1 Å². The first-order chi connectivity index (χ1) is 18.9. The van der Waals surface area contributed by atoms with Crippen molar-refractivity contribution in [3.8, 4) is 0 Å². The van der Waals surface area contributed by atoms with Gasteiger partial charge in [-0.3, -0.25) is 4.79 Å². The van der Waals surface area contributed by atoms with E-state index in [0.29, 0.717) is 11.1 Å². The van der Waals surface area contributed by atoms with E-state index in [1.54, 1.807) is 0 Å². The molecule has 1 N–H and O–H groups in total. The van der Waals surface area contributed by atoms with Gasteiger partial charge >= 0.3 is 0 Å². The molecule has 0 atom stereocenters. The number of aliphatic hydroxyl groups is 1. The van der Waals surface area contributed by atoms with Crippen LogP contribution >= 0.6 is 31.9 Å². The van der Waals surface area contributed by atoms with Gasteiger partial charge in [-0.15, -0.1) is 0 Å². The van der Waals surface area contributed by atoms with Crippen LogP contribution in [0.2, 0.25) is 0 Å². The fraction of sp³-hybridized carbons (Fsp3) is 0.412. The molecule has 0 amide bonds. The molecule has 0 unspecified atom stereocenters.